The van der Waals surface area contributed by atoms with Gasteiger partial charge in [0.15, 0.2) is 0 Å². The minimum atomic E-state index is -1.28. The molecule has 0 fully saturated rings. The fourth-order valence-electron chi connectivity index (χ4n) is 2.04. The lowest BCUT2D eigenvalue weighted by Gasteiger charge is -2.27. The number of hydrogen-bond donors (Lipinski definition) is 2. The van der Waals surface area contributed by atoms with Crippen LogP contribution in [-0.4, -0.2) is 40.2 Å². The highest BCUT2D eigenvalue weighted by atomic mass is 16.6. The van der Waals surface area contributed by atoms with Gasteiger partial charge in [-0.05, 0) is 18.6 Å². The Bertz CT molecular complexity index is 578. The maximum atomic E-state index is 11.6. The average Bonchev–Trinajstić information content (AvgIpc) is 2.37. The molecule has 0 saturated carbocycles. The molecule has 19 heavy (non-hydrogen) atoms. The Balaban J connectivity index is 2.29. The number of amides is 1. The van der Waals surface area contributed by atoms with Crippen molar-refractivity contribution in [2.24, 2.45) is 0 Å². The largest absolute Gasteiger partial charge is 0.477 e. The second-order valence-electron chi connectivity index (χ2n) is 4.19. The number of carbonyl (C=O) groups excluding carboxylic acids is 1. The highest BCUT2D eigenvalue weighted by Crippen LogP contribution is 2.17. The third-order valence-electron chi connectivity index (χ3n) is 2.96. The van der Waals surface area contributed by atoms with Gasteiger partial charge < -0.3 is 19.7 Å². The van der Waals surface area contributed by atoms with Crippen molar-refractivity contribution in [1.29, 1.82) is 0 Å². The van der Waals surface area contributed by atoms with Gasteiger partial charge in [0, 0.05) is 18.7 Å². The standard InChI is InChI=1S/C12H14N2O5/c1-2-19-12(18)14-4-3-9-7(6-14)5-8(11(16)17)10(15)13-9/h5H,2-4,6H2,1H3,(H,13,15)(H,16,17). The molecule has 1 aliphatic heterocycles. The van der Waals surface area contributed by atoms with Gasteiger partial charge in [0.2, 0.25) is 0 Å². The van der Waals surface area contributed by atoms with Gasteiger partial charge >= 0.3 is 12.1 Å². The second kappa shape index (κ2) is 5.13. The van der Waals surface area contributed by atoms with Crippen molar-refractivity contribution >= 4 is 12.1 Å². The van der Waals surface area contributed by atoms with Crippen molar-refractivity contribution in [2.45, 2.75) is 19.9 Å². The van der Waals surface area contributed by atoms with E-state index in [1.165, 1.54) is 11.0 Å². The minimum absolute atomic E-state index is 0.241. The molecule has 1 aliphatic rings. The summed E-state index contributed by atoms with van der Waals surface area (Å²) in [5.74, 6) is -1.28. The van der Waals surface area contributed by atoms with Gasteiger partial charge in [-0.3, -0.25) is 4.79 Å². The molecule has 0 spiro atoms. The van der Waals surface area contributed by atoms with Gasteiger partial charge in [-0.25, -0.2) is 9.59 Å². The molecule has 1 amide bonds. The summed E-state index contributed by atoms with van der Waals surface area (Å²) in [5, 5.41) is 8.90. The molecule has 0 bridgehead atoms. The lowest BCUT2D eigenvalue weighted by Crippen LogP contribution is -2.38. The molecule has 7 nitrogen and oxygen atoms in total. The van der Waals surface area contributed by atoms with Crippen LogP contribution >= 0.6 is 0 Å². The monoisotopic (exact) mass is 266 g/mol. The number of rotatable bonds is 2. The third-order valence-corrected chi connectivity index (χ3v) is 2.96. The van der Waals surface area contributed by atoms with Crippen LogP contribution in [0.2, 0.25) is 0 Å². The predicted octanol–water partition coefficient (Wildman–Crippen LogP) is 0.588. The van der Waals surface area contributed by atoms with E-state index in [-0.39, 0.29) is 18.7 Å². The fraction of sp³-hybridized carbons (Fsp3) is 0.417. The zero-order valence-corrected chi connectivity index (χ0v) is 10.4. The number of hydrogen-bond acceptors (Lipinski definition) is 4. The number of pyridine rings is 1. The molecule has 0 saturated heterocycles. The van der Waals surface area contributed by atoms with Crippen LogP contribution in [0.3, 0.4) is 0 Å². The Kier molecular flexibility index (Phi) is 3.55. The SMILES string of the molecule is CCOC(=O)N1CCc2[nH]c(=O)c(C(=O)O)cc2C1. The Morgan fingerprint density at radius 1 is 1.53 bits per heavy atom. The summed E-state index contributed by atoms with van der Waals surface area (Å²) in [6, 6.07) is 1.32. The normalized spacial score (nSPS) is 13.8. The maximum absolute atomic E-state index is 11.6. The molecule has 2 heterocycles. The van der Waals surface area contributed by atoms with Crippen LogP contribution in [0.5, 0.6) is 0 Å². The summed E-state index contributed by atoms with van der Waals surface area (Å²) in [6.07, 6.45) is 0.0414. The Morgan fingerprint density at radius 2 is 2.26 bits per heavy atom. The first kappa shape index (κ1) is 13.1. The zero-order valence-electron chi connectivity index (χ0n) is 10.4. The van der Waals surface area contributed by atoms with Crippen LogP contribution in [0.15, 0.2) is 10.9 Å². The first-order chi connectivity index (χ1) is 9.02. The van der Waals surface area contributed by atoms with Crippen molar-refractivity contribution < 1.29 is 19.4 Å². The molecule has 0 radical (unpaired) electrons. The van der Waals surface area contributed by atoms with Gasteiger partial charge in [0.1, 0.15) is 5.56 Å². The molecular weight excluding hydrogens is 252 g/mol. The highest BCUT2D eigenvalue weighted by Gasteiger charge is 2.24. The topological polar surface area (TPSA) is 99.7 Å². The van der Waals surface area contributed by atoms with Crippen molar-refractivity contribution in [3.05, 3.63) is 33.2 Å². The molecular formula is C12H14N2O5. The number of fused-ring (bicyclic) bond motifs is 1. The van der Waals surface area contributed by atoms with Gasteiger partial charge in [-0.15, -0.1) is 0 Å². The minimum Gasteiger partial charge on any atom is -0.477 e. The van der Waals surface area contributed by atoms with Gasteiger partial charge in [-0.2, -0.15) is 0 Å². The van der Waals surface area contributed by atoms with Gasteiger partial charge in [-0.1, -0.05) is 0 Å². The van der Waals surface area contributed by atoms with E-state index in [1.54, 1.807) is 6.92 Å². The number of aromatic nitrogens is 1. The summed E-state index contributed by atoms with van der Waals surface area (Å²) in [5.41, 5.74) is 0.382. The quantitative estimate of drug-likeness (QED) is 0.816. The maximum Gasteiger partial charge on any atom is 0.410 e. The number of ether oxygens (including phenoxy) is 1. The average molecular weight is 266 g/mol. The smallest absolute Gasteiger partial charge is 0.410 e. The van der Waals surface area contributed by atoms with E-state index >= 15 is 0 Å². The summed E-state index contributed by atoms with van der Waals surface area (Å²) >= 11 is 0. The summed E-state index contributed by atoms with van der Waals surface area (Å²) in [4.78, 5) is 38.1. The molecule has 2 N–H and O–H groups in total. The molecule has 1 aromatic heterocycles. The van der Waals surface area contributed by atoms with Crippen LogP contribution in [-0.2, 0) is 17.7 Å². The van der Waals surface area contributed by atoms with Crippen molar-refractivity contribution in [1.82, 2.24) is 9.88 Å². The number of aromatic carboxylic acids is 1. The third kappa shape index (κ3) is 2.59. The molecule has 0 atom stereocenters. The molecule has 7 heteroatoms. The molecule has 0 aromatic carbocycles. The van der Waals surface area contributed by atoms with E-state index in [1.807, 2.05) is 0 Å². The number of carbonyl (C=O) groups is 2. The first-order valence-corrected chi connectivity index (χ1v) is 5.93. The van der Waals surface area contributed by atoms with Gasteiger partial charge in [0.25, 0.3) is 5.56 Å². The Hall–Kier alpha value is -2.31. The number of nitrogens with one attached hydrogen (secondary N) is 1. The van der Waals surface area contributed by atoms with E-state index in [2.05, 4.69) is 4.98 Å². The molecule has 1 aromatic rings. The number of aromatic amines is 1. The van der Waals surface area contributed by atoms with E-state index < -0.39 is 17.6 Å². The lowest BCUT2D eigenvalue weighted by molar-refractivity contribution is 0.0694. The van der Waals surface area contributed by atoms with Crippen LogP contribution in [0, 0.1) is 0 Å². The molecule has 102 valence electrons. The van der Waals surface area contributed by atoms with E-state index in [0.29, 0.717) is 24.2 Å². The van der Waals surface area contributed by atoms with Crippen molar-refractivity contribution in [3.8, 4) is 0 Å². The number of carboxylic acid groups (broad SMARTS) is 1. The molecule has 0 aliphatic carbocycles. The van der Waals surface area contributed by atoms with Crippen molar-refractivity contribution in [3.63, 3.8) is 0 Å². The Labute approximate surface area is 108 Å². The van der Waals surface area contributed by atoms with E-state index in [4.69, 9.17) is 9.84 Å². The summed E-state index contributed by atoms with van der Waals surface area (Å²) < 4.78 is 4.90. The summed E-state index contributed by atoms with van der Waals surface area (Å²) in [6.45, 7) is 2.68. The predicted molar refractivity (Wildman–Crippen MR) is 65.2 cm³/mol. The van der Waals surface area contributed by atoms with E-state index in [9.17, 15) is 14.4 Å². The first-order valence-electron chi connectivity index (χ1n) is 5.93. The summed E-state index contributed by atoms with van der Waals surface area (Å²) in [7, 11) is 0. The Morgan fingerprint density at radius 3 is 2.89 bits per heavy atom. The van der Waals surface area contributed by atoms with Gasteiger partial charge in [0.05, 0.1) is 13.2 Å². The van der Waals surface area contributed by atoms with Crippen LogP contribution in [0.1, 0.15) is 28.5 Å². The zero-order chi connectivity index (χ0) is 14.0. The second-order valence-corrected chi connectivity index (χ2v) is 4.19. The number of carboxylic acids is 1. The number of H-pyrrole nitrogens is 1. The molecule has 2 rings (SSSR count). The van der Waals surface area contributed by atoms with Crippen LogP contribution in [0.25, 0.3) is 0 Å². The van der Waals surface area contributed by atoms with Crippen LogP contribution < -0.4 is 5.56 Å². The van der Waals surface area contributed by atoms with Crippen LogP contribution in [0.4, 0.5) is 4.79 Å². The number of nitrogens with zero attached hydrogens (tertiary/aromatic N) is 1. The molecule has 0 unspecified atom stereocenters. The van der Waals surface area contributed by atoms with E-state index in [0.717, 1.165) is 0 Å². The highest BCUT2D eigenvalue weighted by molar-refractivity contribution is 5.87. The lowest BCUT2D eigenvalue weighted by atomic mass is 10.0. The fourth-order valence-corrected chi connectivity index (χ4v) is 2.04. The van der Waals surface area contributed by atoms with Crippen molar-refractivity contribution in [2.75, 3.05) is 13.2 Å².